The van der Waals surface area contributed by atoms with Crippen molar-refractivity contribution in [1.29, 1.82) is 0 Å². The van der Waals surface area contributed by atoms with Gasteiger partial charge in [-0.05, 0) is 32.3 Å². The Kier molecular flexibility index (Phi) is 6.53. The van der Waals surface area contributed by atoms with Gasteiger partial charge in [0.25, 0.3) is 5.69 Å². The summed E-state index contributed by atoms with van der Waals surface area (Å²) in [4.78, 5) is 38.1. The van der Waals surface area contributed by atoms with Gasteiger partial charge in [-0.25, -0.2) is 4.79 Å². The van der Waals surface area contributed by atoms with Gasteiger partial charge in [-0.3, -0.25) is 14.9 Å². The molecule has 33 heavy (non-hydrogen) atoms. The number of hydrogen-bond acceptors (Lipinski definition) is 8. The SMILES string of the molecule is COc1cc(C2C(C(=O)OC(C)C)=C(C)NC3=CC(C)(C)CC(=O)C32)c([N+](=O)[O-])cc1OC. The van der Waals surface area contributed by atoms with Crippen LogP contribution in [0.5, 0.6) is 11.5 Å². The number of allylic oxidation sites excluding steroid dienone is 3. The molecule has 1 aliphatic carbocycles. The van der Waals surface area contributed by atoms with Gasteiger partial charge in [-0.2, -0.15) is 0 Å². The molecule has 178 valence electrons. The molecule has 0 spiro atoms. The van der Waals surface area contributed by atoms with Crippen molar-refractivity contribution in [2.45, 2.75) is 53.1 Å². The zero-order chi connectivity index (χ0) is 24.7. The number of hydrogen-bond donors (Lipinski definition) is 1. The predicted molar refractivity (Wildman–Crippen MR) is 121 cm³/mol. The number of carbonyl (C=O) groups is 2. The van der Waals surface area contributed by atoms with Crippen molar-refractivity contribution in [1.82, 2.24) is 5.32 Å². The van der Waals surface area contributed by atoms with Gasteiger partial charge in [0.1, 0.15) is 5.78 Å². The molecule has 2 aliphatic rings. The van der Waals surface area contributed by atoms with Crippen molar-refractivity contribution in [2.75, 3.05) is 14.2 Å². The van der Waals surface area contributed by atoms with Gasteiger partial charge in [0.2, 0.25) is 0 Å². The number of nitro groups is 1. The number of Topliss-reactive ketones (excluding diaryl/α,β-unsaturated/α-hetero) is 1. The molecule has 2 atom stereocenters. The van der Waals surface area contributed by atoms with E-state index in [4.69, 9.17) is 14.2 Å². The number of rotatable bonds is 6. The van der Waals surface area contributed by atoms with Crippen molar-refractivity contribution in [3.05, 3.63) is 50.9 Å². The number of esters is 1. The third kappa shape index (κ3) is 4.58. The molecule has 1 aromatic carbocycles. The third-order valence-corrected chi connectivity index (χ3v) is 5.87. The lowest BCUT2D eigenvalue weighted by Gasteiger charge is -2.41. The van der Waals surface area contributed by atoms with Crippen LogP contribution in [0.1, 0.15) is 52.5 Å². The fraction of sp³-hybridized carbons (Fsp3) is 0.500. The first-order chi connectivity index (χ1) is 15.4. The minimum absolute atomic E-state index is 0.110. The number of ketones is 1. The molecule has 0 bridgehead atoms. The Hall–Kier alpha value is -3.36. The van der Waals surface area contributed by atoms with Crippen LogP contribution >= 0.6 is 0 Å². The maximum Gasteiger partial charge on any atom is 0.336 e. The predicted octanol–water partition coefficient (Wildman–Crippen LogP) is 4.02. The Morgan fingerprint density at radius 1 is 1.18 bits per heavy atom. The fourth-order valence-electron chi connectivity index (χ4n) is 4.64. The molecular weight excluding hydrogens is 428 g/mol. The minimum Gasteiger partial charge on any atom is -0.493 e. The highest BCUT2D eigenvalue weighted by molar-refractivity contribution is 5.97. The lowest BCUT2D eigenvalue weighted by Crippen LogP contribution is -2.44. The molecule has 9 nitrogen and oxygen atoms in total. The van der Waals surface area contributed by atoms with Gasteiger partial charge in [-0.1, -0.05) is 19.9 Å². The topological polar surface area (TPSA) is 117 Å². The summed E-state index contributed by atoms with van der Waals surface area (Å²) in [5.74, 6) is -2.01. The smallest absolute Gasteiger partial charge is 0.336 e. The Balaban J connectivity index is 2.35. The molecule has 0 radical (unpaired) electrons. The van der Waals surface area contributed by atoms with Crippen molar-refractivity contribution >= 4 is 17.4 Å². The van der Waals surface area contributed by atoms with Crippen LogP contribution in [0.25, 0.3) is 0 Å². The van der Waals surface area contributed by atoms with Gasteiger partial charge >= 0.3 is 5.97 Å². The van der Waals surface area contributed by atoms with Crippen LogP contribution in [0.15, 0.2) is 35.2 Å². The van der Waals surface area contributed by atoms with E-state index < -0.39 is 28.8 Å². The normalized spacial score (nSPS) is 21.7. The van der Waals surface area contributed by atoms with E-state index in [2.05, 4.69) is 5.32 Å². The highest BCUT2D eigenvalue weighted by atomic mass is 16.6. The quantitative estimate of drug-likeness (QED) is 0.386. The second kappa shape index (κ2) is 8.88. The number of fused-ring (bicyclic) bond motifs is 1. The second-order valence-corrected chi connectivity index (χ2v) is 9.33. The number of carbonyl (C=O) groups excluding carboxylic acids is 2. The molecule has 0 fully saturated rings. The maximum atomic E-state index is 13.4. The van der Waals surface area contributed by atoms with Gasteiger partial charge < -0.3 is 19.5 Å². The Morgan fingerprint density at radius 2 is 1.79 bits per heavy atom. The number of nitrogens with one attached hydrogen (secondary N) is 1. The number of methoxy groups -OCH3 is 2. The number of nitrogens with zero attached hydrogens (tertiary/aromatic N) is 1. The molecule has 1 aromatic rings. The van der Waals surface area contributed by atoms with E-state index in [-0.39, 0.29) is 45.9 Å². The van der Waals surface area contributed by atoms with Crippen molar-refractivity contribution in [3.63, 3.8) is 0 Å². The van der Waals surface area contributed by atoms with E-state index in [0.717, 1.165) is 0 Å². The molecule has 1 heterocycles. The zero-order valence-corrected chi connectivity index (χ0v) is 20.0. The molecule has 0 aromatic heterocycles. The first-order valence-corrected chi connectivity index (χ1v) is 10.7. The largest absolute Gasteiger partial charge is 0.493 e. The van der Waals surface area contributed by atoms with Crippen molar-refractivity contribution < 1.29 is 28.7 Å². The molecule has 0 saturated carbocycles. The summed E-state index contributed by atoms with van der Waals surface area (Å²) < 4.78 is 16.1. The average molecular weight is 459 g/mol. The summed E-state index contributed by atoms with van der Waals surface area (Å²) >= 11 is 0. The van der Waals surface area contributed by atoms with Crippen LogP contribution in [-0.4, -0.2) is 37.0 Å². The van der Waals surface area contributed by atoms with Crippen LogP contribution in [0.2, 0.25) is 0 Å². The van der Waals surface area contributed by atoms with Crippen LogP contribution in [0.3, 0.4) is 0 Å². The van der Waals surface area contributed by atoms with Crippen LogP contribution < -0.4 is 14.8 Å². The molecule has 0 amide bonds. The summed E-state index contributed by atoms with van der Waals surface area (Å²) in [6, 6.07) is 2.74. The monoisotopic (exact) mass is 458 g/mol. The summed E-state index contributed by atoms with van der Waals surface area (Å²) in [5.41, 5.74) is 0.846. The van der Waals surface area contributed by atoms with Gasteiger partial charge in [-0.15, -0.1) is 0 Å². The fourth-order valence-corrected chi connectivity index (χ4v) is 4.64. The minimum atomic E-state index is -0.924. The lowest BCUT2D eigenvalue weighted by molar-refractivity contribution is -0.385. The Bertz CT molecular complexity index is 1070. The Labute approximate surface area is 192 Å². The average Bonchev–Trinajstić information content (AvgIpc) is 2.69. The molecule has 2 unspecified atom stereocenters. The Morgan fingerprint density at radius 3 is 2.33 bits per heavy atom. The first kappa shape index (κ1) is 24.3. The molecule has 0 saturated heterocycles. The van der Waals surface area contributed by atoms with E-state index in [1.165, 1.54) is 26.4 Å². The van der Waals surface area contributed by atoms with E-state index in [1.54, 1.807) is 20.8 Å². The summed E-state index contributed by atoms with van der Waals surface area (Å²) in [6.45, 7) is 9.05. The summed E-state index contributed by atoms with van der Waals surface area (Å²) in [6.07, 6.45) is 1.80. The van der Waals surface area contributed by atoms with Gasteiger partial charge in [0, 0.05) is 29.3 Å². The highest BCUT2D eigenvalue weighted by Crippen LogP contribution is 2.50. The molecule has 1 aliphatic heterocycles. The number of nitro benzene ring substituents is 1. The lowest BCUT2D eigenvalue weighted by atomic mass is 9.66. The highest BCUT2D eigenvalue weighted by Gasteiger charge is 2.48. The molecule has 3 rings (SSSR count). The third-order valence-electron chi connectivity index (χ3n) is 5.87. The van der Waals surface area contributed by atoms with Crippen LogP contribution in [0, 0.1) is 21.4 Å². The number of benzene rings is 1. The van der Waals surface area contributed by atoms with E-state index in [0.29, 0.717) is 11.4 Å². The molecular formula is C24H30N2O7. The van der Waals surface area contributed by atoms with Crippen LogP contribution in [0.4, 0.5) is 5.69 Å². The van der Waals surface area contributed by atoms with E-state index in [1.807, 2.05) is 19.9 Å². The summed E-state index contributed by atoms with van der Waals surface area (Å²) in [7, 11) is 2.80. The van der Waals surface area contributed by atoms with E-state index in [9.17, 15) is 19.7 Å². The van der Waals surface area contributed by atoms with E-state index >= 15 is 0 Å². The molecule has 9 heteroatoms. The number of ether oxygens (including phenoxy) is 3. The zero-order valence-electron chi connectivity index (χ0n) is 20.0. The van der Waals surface area contributed by atoms with Crippen molar-refractivity contribution in [3.8, 4) is 11.5 Å². The standard InChI is InChI=1S/C24H30N2O7/c1-12(2)33-23(28)20-13(3)25-15-10-24(4,5)11-17(27)22(15)21(20)14-8-18(31-6)19(32-7)9-16(14)26(29)30/h8-10,12,21-22,25H,11H2,1-7H3. The maximum absolute atomic E-state index is 13.4. The first-order valence-electron chi connectivity index (χ1n) is 10.7. The van der Waals surface area contributed by atoms with Gasteiger partial charge in [0.15, 0.2) is 11.5 Å². The van der Waals surface area contributed by atoms with Crippen LogP contribution in [-0.2, 0) is 14.3 Å². The molecule has 1 N–H and O–H groups in total. The summed E-state index contributed by atoms with van der Waals surface area (Å²) in [5, 5.41) is 15.3. The second-order valence-electron chi connectivity index (χ2n) is 9.33. The van der Waals surface area contributed by atoms with Gasteiger partial charge in [0.05, 0.1) is 42.8 Å². The van der Waals surface area contributed by atoms with Crippen molar-refractivity contribution in [2.24, 2.45) is 11.3 Å².